The molecule has 2 aromatic rings. The van der Waals surface area contributed by atoms with E-state index in [2.05, 4.69) is 0 Å². The number of phenols is 3. The molecular formula is C14H16O4. The lowest BCUT2D eigenvalue weighted by atomic mass is 10.3. The first-order chi connectivity index (χ1) is 8.61. The number of hydrogen-bond donors (Lipinski definition) is 3. The van der Waals surface area contributed by atoms with Crippen LogP contribution in [0.25, 0.3) is 0 Å². The zero-order valence-electron chi connectivity index (χ0n) is 10.1. The molecule has 0 bridgehead atoms. The van der Waals surface area contributed by atoms with Crippen LogP contribution in [0.5, 0.6) is 23.0 Å². The summed E-state index contributed by atoms with van der Waals surface area (Å²) in [5.74, 6) is 1.40. The van der Waals surface area contributed by atoms with Gasteiger partial charge in [0, 0.05) is 0 Å². The second kappa shape index (κ2) is 7.06. The first-order valence-corrected chi connectivity index (χ1v) is 5.51. The lowest BCUT2D eigenvalue weighted by Crippen LogP contribution is -1.89. The molecular weight excluding hydrogens is 232 g/mol. The van der Waals surface area contributed by atoms with Crippen molar-refractivity contribution in [3.8, 4) is 23.0 Å². The number of hydrogen-bond acceptors (Lipinski definition) is 4. The largest absolute Gasteiger partial charge is 0.508 e. The van der Waals surface area contributed by atoms with Gasteiger partial charge in [-0.05, 0) is 55.5 Å². The molecule has 0 aliphatic rings. The quantitative estimate of drug-likeness (QED) is 0.715. The van der Waals surface area contributed by atoms with Crippen molar-refractivity contribution in [2.45, 2.75) is 6.92 Å². The third-order valence-corrected chi connectivity index (χ3v) is 2.00. The predicted octanol–water partition coefficient (Wildman–Crippen LogP) is 2.89. The van der Waals surface area contributed by atoms with Crippen LogP contribution in [-0.4, -0.2) is 21.9 Å². The van der Waals surface area contributed by atoms with Crippen LogP contribution in [0.2, 0.25) is 0 Å². The molecule has 0 amide bonds. The van der Waals surface area contributed by atoms with Gasteiger partial charge in [0.1, 0.15) is 23.0 Å². The maximum Gasteiger partial charge on any atom is 0.119 e. The van der Waals surface area contributed by atoms with Gasteiger partial charge in [0.25, 0.3) is 0 Å². The van der Waals surface area contributed by atoms with Crippen molar-refractivity contribution in [2.24, 2.45) is 0 Å². The molecule has 0 heterocycles. The fourth-order valence-electron chi connectivity index (χ4n) is 1.16. The van der Waals surface area contributed by atoms with Crippen molar-refractivity contribution >= 4 is 0 Å². The Morgan fingerprint density at radius 2 is 1.06 bits per heavy atom. The monoisotopic (exact) mass is 248 g/mol. The van der Waals surface area contributed by atoms with Gasteiger partial charge < -0.3 is 20.1 Å². The van der Waals surface area contributed by atoms with E-state index in [1.807, 2.05) is 6.92 Å². The van der Waals surface area contributed by atoms with Crippen LogP contribution in [0.1, 0.15) is 6.92 Å². The normalized spacial score (nSPS) is 9.17. The van der Waals surface area contributed by atoms with Gasteiger partial charge in [0.15, 0.2) is 0 Å². The fraction of sp³-hybridized carbons (Fsp3) is 0.143. The molecule has 0 radical (unpaired) electrons. The number of rotatable bonds is 2. The molecule has 2 aromatic carbocycles. The van der Waals surface area contributed by atoms with E-state index >= 15 is 0 Å². The molecule has 0 saturated carbocycles. The summed E-state index contributed by atoms with van der Waals surface area (Å²) in [5, 5.41) is 26.2. The van der Waals surface area contributed by atoms with E-state index in [-0.39, 0.29) is 17.2 Å². The van der Waals surface area contributed by atoms with Gasteiger partial charge in [-0.25, -0.2) is 0 Å². The van der Waals surface area contributed by atoms with E-state index in [1.165, 1.54) is 24.3 Å². The average molecular weight is 248 g/mol. The standard InChI is InChI=1S/C8H10O2.C6H6O2/c1-2-10-8-5-3-7(9)4-6-8;7-5-1-2-6(8)4-3-5/h3-6,9H,2H2,1H3;1-4,7-8H. The van der Waals surface area contributed by atoms with Gasteiger partial charge in [-0.1, -0.05) is 0 Å². The van der Waals surface area contributed by atoms with Gasteiger partial charge >= 0.3 is 0 Å². The molecule has 3 N–H and O–H groups in total. The Bertz CT molecular complexity index is 427. The molecule has 96 valence electrons. The molecule has 0 unspecified atom stereocenters. The molecule has 0 aliphatic heterocycles. The molecule has 0 aromatic heterocycles. The Morgan fingerprint density at radius 1 is 0.722 bits per heavy atom. The number of phenolic OH excluding ortho intramolecular Hbond substituents is 3. The minimum Gasteiger partial charge on any atom is -0.508 e. The Hall–Kier alpha value is -2.36. The Morgan fingerprint density at radius 3 is 1.39 bits per heavy atom. The van der Waals surface area contributed by atoms with Crippen LogP contribution in [0.3, 0.4) is 0 Å². The number of ether oxygens (including phenoxy) is 1. The molecule has 2 rings (SSSR count). The molecule has 4 nitrogen and oxygen atoms in total. The number of benzene rings is 2. The van der Waals surface area contributed by atoms with Crippen molar-refractivity contribution in [3.63, 3.8) is 0 Å². The topological polar surface area (TPSA) is 69.9 Å². The smallest absolute Gasteiger partial charge is 0.119 e. The Balaban J connectivity index is 0.000000184. The van der Waals surface area contributed by atoms with Crippen molar-refractivity contribution in [2.75, 3.05) is 6.61 Å². The van der Waals surface area contributed by atoms with Crippen LogP contribution in [0.15, 0.2) is 48.5 Å². The summed E-state index contributed by atoms with van der Waals surface area (Å²) in [5.41, 5.74) is 0. The molecule has 0 saturated heterocycles. The summed E-state index contributed by atoms with van der Waals surface area (Å²) in [6, 6.07) is 12.4. The van der Waals surface area contributed by atoms with Crippen molar-refractivity contribution < 1.29 is 20.1 Å². The van der Waals surface area contributed by atoms with E-state index in [0.29, 0.717) is 6.61 Å². The third kappa shape index (κ3) is 5.12. The molecule has 0 aliphatic carbocycles. The summed E-state index contributed by atoms with van der Waals surface area (Å²) in [4.78, 5) is 0. The van der Waals surface area contributed by atoms with Crippen molar-refractivity contribution in [1.82, 2.24) is 0 Å². The van der Waals surface area contributed by atoms with E-state index < -0.39 is 0 Å². The Labute approximate surface area is 106 Å². The number of aromatic hydroxyl groups is 3. The lowest BCUT2D eigenvalue weighted by molar-refractivity contribution is 0.339. The zero-order valence-corrected chi connectivity index (χ0v) is 10.1. The van der Waals surface area contributed by atoms with Crippen LogP contribution in [0.4, 0.5) is 0 Å². The maximum atomic E-state index is 8.87. The van der Waals surface area contributed by atoms with E-state index in [4.69, 9.17) is 20.1 Å². The van der Waals surface area contributed by atoms with Gasteiger partial charge in [0.2, 0.25) is 0 Å². The SMILES string of the molecule is CCOc1ccc(O)cc1.Oc1ccc(O)cc1. The fourth-order valence-corrected chi connectivity index (χ4v) is 1.16. The van der Waals surface area contributed by atoms with Crippen LogP contribution < -0.4 is 4.74 Å². The molecule has 18 heavy (non-hydrogen) atoms. The van der Waals surface area contributed by atoms with Gasteiger partial charge in [-0.3, -0.25) is 0 Å². The van der Waals surface area contributed by atoms with Crippen molar-refractivity contribution in [1.29, 1.82) is 0 Å². The van der Waals surface area contributed by atoms with Crippen LogP contribution in [0, 0.1) is 0 Å². The zero-order chi connectivity index (χ0) is 13.4. The summed E-state index contributed by atoms with van der Waals surface area (Å²) in [6.45, 7) is 2.58. The van der Waals surface area contributed by atoms with E-state index in [9.17, 15) is 0 Å². The molecule has 4 heteroatoms. The van der Waals surface area contributed by atoms with Crippen LogP contribution in [-0.2, 0) is 0 Å². The van der Waals surface area contributed by atoms with E-state index in [1.54, 1.807) is 24.3 Å². The van der Waals surface area contributed by atoms with Gasteiger partial charge in [-0.2, -0.15) is 0 Å². The van der Waals surface area contributed by atoms with Crippen molar-refractivity contribution in [3.05, 3.63) is 48.5 Å². The highest BCUT2D eigenvalue weighted by molar-refractivity contribution is 5.30. The van der Waals surface area contributed by atoms with Gasteiger partial charge in [0.05, 0.1) is 6.61 Å². The van der Waals surface area contributed by atoms with Crippen LogP contribution >= 0.6 is 0 Å². The second-order valence-electron chi connectivity index (χ2n) is 3.44. The molecule has 0 spiro atoms. The third-order valence-electron chi connectivity index (χ3n) is 2.00. The highest BCUT2D eigenvalue weighted by Crippen LogP contribution is 2.15. The maximum absolute atomic E-state index is 8.87. The van der Waals surface area contributed by atoms with Gasteiger partial charge in [-0.15, -0.1) is 0 Å². The summed E-state index contributed by atoms with van der Waals surface area (Å²) in [7, 11) is 0. The predicted molar refractivity (Wildman–Crippen MR) is 69.0 cm³/mol. The summed E-state index contributed by atoms with van der Waals surface area (Å²) >= 11 is 0. The summed E-state index contributed by atoms with van der Waals surface area (Å²) in [6.07, 6.45) is 0. The molecule has 0 fully saturated rings. The first kappa shape index (κ1) is 13.7. The minimum absolute atomic E-state index is 0.169. The average Bonchev–Trinajstić information content (AvgIpc) is 2.37. The Kier molecular flexibility index (Phi) is 5.38. The summed E-state index contributed by atoms with van der Waals surface area (Å²) < 4.78 is 5.15. The lowest BCUT2D eigenvalue weighted by Gasteiger charge is -2.00. The first-order valence-electron chi connectivity index (χ1n) is 5.51. The molecule has 0 atom stereocenters. The second-order valence-corrected chi connectivity index (χ2v) is 3.44. The highest BCUT2D eigenvalue weighted by atomic mass is 16.5. The van der Waals surface area contributed by atoms with E-state index in [0.717, 1.165) is 5.75 Å². The minimum atomic E-state index is 0.169. The highest BCUT2D eigenvalue weighted by Gasteiger charge is 1.89.